The van der Waals surface area contributed by atoms with E-state index < -0.39 is 17.6 Å². The van der Waals surface area contributed by atoms with Gasteiger partial charge in [0.15, 0.2) is 0 Å². The fraction of sp³-hybridized carbons (Fsp3) is 0.375. The molecule has 0 unspecified atom stereocenters. The van der Waals surface area contributed by atoms with E-state index in [4.69, 9.17) is 9.25 Å². The van der Waals surface area contributed by atoms with Crippen LogP contribution in [0.1, 0.15) is 62.6 Å². The summed E-state index contributed by atoms with van der Waals surface area (Å²) in [6.45, 7) is 7.29. The molecule has 1 aliphatic heterocycles. The van der Waals surface area contributed by atoms with Crippen molar-refractivity contribution in [1.29, 1.82) is 0 Å². The van der Waals surface area contributed by atoms with Crippen LogP contribution in [0.15, 0.2) is 69.0 Å². The fourth-order valence-corrected chi connectivity index (χ4v) is 5.52. The average molecular weight is 557 g/mol. The van der Waals surface area contributed by atoms with Gasteiger partial charge in [0, 0.05) is 46.9 Å². The lowest BCUT2D eigenvalue weighted by Crippen LogP contribution is -2.44. The highest BCUT2D eigenvalue weighted by molar-refractivity contribution is 6.11. The summed E-state index contributed by atoms with van der Waals surface area (Å²) in [5.74, 6) is -0.379. The number of carbonyl (C=O) groups excluding carboxylic acids is 2. The number of oxime groups is 1. The molecule has 2 aromatic carbocycles. The normalized spacial score (nSPS) is 16.1. The molecule has 1 fully saturated rings. The predicted octanol–water partition coefficient (Wildman–Crippen LogP) is 5.75. The van der Waals surface area contributed by atoms with Crippen LogP contribution < -0.4 is 10.9 Å². The van der Waals surface area contributed by atoms with Crippen molar-refractivity contribution in [3.63, 3.8) is 0 Å². The molecule has 9 heteroatoms. The minimum atomic E-state index is -0.863. The maximum absolute atomic E-state index is 13.6. The summed E-state index contributed by atoms with van der Waals surface area (Å²) in [6.07, 6.45) is 3.84. The standard InChI is InChI=1S/C32H36N4O5/c1-4-7-8-11-23-15-16-25(32(39)41-23)31(38)36-20-22(34-40-6-3)19-29(36)30(37)33-21-14-17-28-26(18-21)24-12-9-10-13-27(24)35(28)5-2/h9-10,12-18,29H,4-8,11,19-20H2,1-3H3,(H,33,37)/t29-/m0/s1. The van der Waals surface area contributed by atoms with Crippen molar-refractivity contribution in [2.45, 2.75) is 65.5 Å². The van der Waals surface area contributed by atoms with Crippen LogP contribution in [0.25, 0.3) is 21.8 Å². The number of para-hydroxylation sites is 1. The van der Waals surface area contributed by atoms with Gasteiger partial charge in [-0.25, -0.2) is 4.79 Å². The Kier molecular flexibility index (Phi) is 8.52. The van der Waals surface area contributed by atoms with Gasteiger partial charge in [0.05, 0.1) is 12.3 Å². The molecule has 2 amide bonds. The van der Waals surface area contributed by atoms with Crippen molar-refractivity contribution in [2.75, 3.05) is 18.5 Å². The number of aromatic nitrogens is 1. The summed E-state index contributed by atoms with van der Waals surface area (Å²) in [4.78, 5) is 46.6. The Morgan fingerprint density at radius 3 is 2.59 bits per heavy atom. The number of rotatable bonds is 10. The first-order chi connectivity index (χ1) is 19.9. The second-order valence-corrected chi connectivity index (χ2v) is 10.3. The highest BCUT2D eigenvalue weighted by Gasteiger charge is 2.39. The maximum atomic E-state index is 13.6. The third kappa shape index (κ3) is 5.75. The lowest BCUT2D eigenvalue weighted by Gasteiger charge is -2.23. The van der Waals surface area contributed by atoms with Gasteiger partial charge < -0.3 is 24.0 Å². The van der Waals surface area contributed by atoms with E-state index in [0.717, 1.165) is 47.6 Å². The second-order valence-electron chi connectivity index (χ2n) is 10.3. The molecule has 41 heavy (non-hydrogen) atoms. The molecule has 9 nitrogen and oxygen atoms in total. The number of benzene rings is 2. The van der Waals surface area contributed by atoms with E-state index in [1.165, 1.54) is 11.0 Å². The Bertz CT molecular complexity index is 1670. The molecule has 1 aliphatic rings. The van der Waals surface area contributed by atoms with Crippen LogP contribution in [0.5, 0.6) is 0 Å². The first kappa shape index (κ1) is 28.1. The lowest BCUT2D eigenvalue weighted by atomic mass is 10.1. The Hall–Kier alpha value is -4.40. The molecule has 1 atom stereocenters. The van der Waals surface area contributed by atoms with Gasteiger partial charge in [-0.15, -0.1) is 0 Å². The van der Waals surface area contributed by atoms with Gasteiger partial charge in [-0.1, -0.05) is 43.1 Å². The number of amides is 2. The third-order valence-corrected chi connectivity index (χ3v) is 7.54. The highest BCUT2D eigenvalue weighted by Crippen LogP contribution is 2.31. The molecule has 0 bridgehead atoms. The summed E-state index contributed by atoms with van der Waals surface area (Å²) in [7, 11) is 0. The minimum Gasteiger partial charge on any atom is -0.427 e. The zero-order valence-corrected chi connectivity index (χ0v) is 23.8. The number of aryl methyl sites for hydroxylation is 2. The first-order valence-corrected chi connectivity index (χ1v) is 14.4. The Balaban J connectivity index is 1.41. The number of anilines is 1. The van der Waals surface area contributed by atoms with E-state index in [2.05, 4.69) is 41.0 Å². The van der Waals surface area contributed by atoms with Gasteiger partial charge in [-0.2, -0.15) is 0 Å². The van der Waals surface area contributed by atoms with Gasteiger partial charge in [-0.3, -0.25) is 9.59 Å². The molecular weight excluding hydrogens is 520 g/mol. The first-order valence-electron chi connectivity index (χ1n) is 14.4. The molecule has 1 N–H and O–H groups in total. The molecule has 0 spiro atoms. The van der Waals surface area contributed by atoms with Crippen LogP contribution in [0.2, 0.25) is 0 Å². The van der Waals surface area contributed by atoms with Crippen LogP contribution in [0.3, 0.4) is 0 Å². The molecule has 2 aromatic heterocycles. The van der Waals surface area contributed by atoms with E-state index in [9.17, 15) is 14.4 Å². The molecular formula is C32H36N4O5. The third-order valence-electron chi connectivity index (χ3n) is 7.54. The van der Waals surface area contributed by atoms with E-state index >= 15 is 0 Å². The molecule has 214 valence electrons. The number of likely N-dealkylation sites (tertiary alicyclic amines) is 1. The average Bonchev–Trinajstić information content (AvgIpc) is 3.55. The Labute approximate surface area is 238 Å². The molecule has 3 heterocycles. The number of hydrogen-bond donors (Lipinski definition) is 1. The molecule has 5 rings (SSSR count). The van der Waals surface area contributed by atoms with Crippen molar-refractivity contribution in [3.8, 4) is 0 Å². The van der Waals surface area contributed by atoms with Crippen molar-refractivity contribution in [1.82, 2.24) is 9.47 Å². The molecule has 1 saturated heterocycles. The van der Waals surface area contributed by atoms with E-state index in [-0.39, 0.29) is 24.4 Å². The van der Waals surface area contributed by atoms with Crippen molar-refractivity contribution < 1.29 is 18.8 Å². The van der Waals surface area contributed by atoms with Crippen LogP contribution in [-0.2, 0) is 22.6 Å². The number of fused-ring (bicyclic) bond motifs is 3. The summed E-state index contributed by atoms with van der Waals surface area (Å²) >= 11 is 0. The van der Waals surface area contributed by atoms with Gasteiger partial charge in [0.25, 0.3) is 5.91 Å². The van der Waals surface area contributed by atoms with Crippen LogP contribution >= 0.6 is 0 Å². The SMILES string of the molecule is CCCCCc1ccc(C(=O)N2CC(=NOCC)C[C@H]2C(=O)Nc2ccc3c(c2)c2ccccc2n3CC)c(=O)o1. The van der Waals surface area contributed by atoms with E-state index in [1.807, 2.05) is 37.3 Å². The lowest BCUT2D eigenvalue weighted by molar-refractivity contribution is -0.119. The topological polar surface area (TPSA) is 106 Å². The molecule has 0 saturated carbocycles. The number of unbranched alkanes of at least 4 members (excludes halogenated alkanes) is 2. The van der Waals surface area contributed by atoms with E-state index in [1.54, 1.807) is 6.07 Å². The predicted molar refractivity (Wildman–Crippen MR) is 160 cm³/mol. The molecule has 0 aliphatic carbocycles. The van der Waals surface area contributed by atoms with Crippen molar-refractivity contribution in [2.24, 2.45) is 5.16 Å². The Morgan fingerprint density at radius 1 is 1.02 bits per heavy atom. The number of nitrogens with zero attached hydrogens (tertiary/aromatic N) is 3. The highest BCUT2D eigenvalue weighted by atomic mass is 16.6. The molecule has 0 radical (unpaired) electrons. The summed E-state index contributed by atoms with van der Waals surface area (Å²) in [5.41, 5.74) is 2.60. The number of hydrogen-bond acceptors (Lipinski definition) is 6. The van der Waals surface area contributed by atoms with Gasteiger partial charge in [0.1, 0.15) is 24.0 Å². The van der Waals surface area contributed by atoms with Crippen molar-refractivity contribution >= 4 is 45.0 Å². The maximum Gasteiger partial charge on any atom is 0.348 e. The van der Waals surface area contributed by atoms with Crippen molar-refractivity contribution in [3.05, 3.63) is 76.3 Å². The fourth-order valence-electron chi connectivity index (χ4n) is 5.52. The van der Waals surface area contributed by atoms with E-state index in [0.29, 0.717) is 30.2 Å². The zero-order valence-electron chi connectivity index (χ0n) is 23.8. The summed E-state index contributed by atoms with van der Waals surface area (Å²) in [6, 6.07) is 16.3. The summed E-state index contributed by atoms with van der Waals surface area (Å²) < 4.78 is 7.69. The van der Waals surface area contributed by atoms with Crippen LogP contribution in [0.4, 0.5) is 5.69 Å². The Morgan fingerprint density at radius 2 is 1.83 bits per heavy atom. The zero-order chi connectivity index (χ0) is 28.9. The molecule has 4 aromatic rings. The second kappa shape index (κ2) is 12.4. The number of carbonyl (C=O) groups is 2. The van der Waals surface area contributed by atoms with Gasteiger partial charge in [-0.05, 0) is 56.7 Å². The quantitative estimate of drug-likeness (QED) is 0.198. The van der Waals surface area contributed by atoms with Gasteiger partial charge >= 0.3 is 5.63 Å². The largest absolute Gasteiger partial charge is 0.427 e. The van der Waals surface area contributed by atoms with Crippen LogP contribution in [-0.4, -0.2) is 46.2 Å². The number of nitrogens with one attached hydrogen (secondary N) is 1. The monoisotopic (exact) mass is 556 g/mol. The summed E-state index contributed by atoms with van der Waals surface area (Å²) in [5, 5.41) is 9.25. The minimum absolute atomic E-state index is 0.0810. The smallest absolute Gasteiger partial charge is 0.348 e. The van der Waals surface area contributed by atoms with Crippen LogP contribution in [0, 0.1) is 0 Å². The van der Waals surface area contributed by atoms with Gasteiger partial charge in [0.2, 0.25) is 5.91 Å².